The smallest absolute Gasteiger partial charge is 0.244 e. The summed E-state index contributed by atoms with van der Waals surface area (Å²) in [6.07, 6.45) is 8.95. The van der Waals surface area contributed by atoms with Crippen molar-refractivity contribution in [2.45, 2.75) is 18.9 Å². The molecule has 3 N–H and O–H groups in total. The molecule has 1 aliphatic carbocycles. The highest BCUT2D eigenvalue weighted by molar-refractivity contribution is 7.94. The van der Waals surface area contributed by atoms with E-state index in [4.69, 9.17) is 10.5 Å². The van der Waals surface area contributed by atoms with E-state index in [2.05, 4.69) is 20.3 Å². The molecule has 1 unspecified atom stereocenters. The summed E-state index contributed by atoms with van der Waals surface area (Å²) in [6, 6.07) is 10.9. The lowest BCUT2D eigenvalue weighted by atomic mass is 9.82. The lowest BCUT2D eigenvalue weighted by Crippen LogP contribution is -2.38. The van der Waals surface area contributed by atoms with E-state index in [1.807, 2.05) is 25.1 Å². The lowest BCUT2D eigenvalue weighted by Gasteiger charge is -2.37. The van der Waals surface area contributed by atoms with Crippen LogP contribution in [0.25, 0.3) is 11.3 Å². The van der Waals surface area contributed by atoms with Crippen LogP contribution in [-0.2, 0) is 25.0 Å². The van der Waals surface area contributed by atoms with E-state index in [1.165, 1.54) is 19.3 Å². The summed E-state index contributed by atoms with van der Waals surface area (Å²) in [5, 5.41) is 3.22. The molecule has 9 nitrogen and oxygen atoms in total. The fourth-order valence-corrected chi connectivity index (χ4v) is 5.26. The van der Waals surface area contributed by atoms with Crippen LogP contribution in [0.5, 0.6) is 0 Å². The molecule has 0 aliphatic heterocycles. The normalized spacial score (nSPS) is 17.9. The van der Waals surface area contributed by atoms with Crippen molar-refractivity contribution in [1.29, 1.82) is 0 Å². The molecular weight excluding hydrogens is 466 g/mol. The average molecular weight is 492 g/mol. The van der Waals surface area contributed by atoms with E-state index >= 15 is 0 Å². The van der Waals surface area contributed by atoms with Gasteiger partial charge in [0.15, 0.2) is 9.84 Å². The van der Waals surface area contributed by atoms with Gasteiger partial charge in [-0.15, -0.1) is 0 Å². The van der Waals surface area contributed by atoms with Crippen LogP contribution in [0.1, 0.15) is 17.5 Å². The van der Waals surface area contributed by atoms with Crippen LogP contribution in [0, 0.1) is 6.92 Å². The Morgan fingerprint density at radius 1 is 1.17 bits per heavy atom. The summed E-state index contributed by atoms with van der Waals surface area (Å²) in [5.41, 5.74) is 7.98. The zero-order valence-electron chi connectivity index (χ0n) is 19.5. The van der Waals surface area contributed by atoms with Gasteiger partial charge in [0.25, 0.3) is 0 Å². The van der Waals surface area contributed by atoms with Gasteiger partial charge in [-0.3, -0.25) is 9.78 Å². The van der Waals surface area contributed by atoms with Gasteiger partial charge in [0, 0.05) is 55.2 Å². The van der Waals surface area contributed by atoms with E-state index in [0.717, 1.165) is 17.4 Å². The number of anilines is 2. The first-order valence-corrected chi connectivity index (χ1v) is 12.6. The molecule has 4 rings (SSSR count). The number of methoxy groups -OCH3 is 1. The third kappa shape index (κ3) is 4.84. The van der Waals surface area contributed by atoms with Crippen LogP contribution in [0.15, 0.2) is 77.6 Å². The van der Waals surface area contributed by atoms with Crippen LogP contribution < -0.4 is 11.1 Å². The number of sulfone groups is 1. The van der Waals surface area contributed by atoms with Crippen molar-refractivity contribution >= 4 is 27.4 Å². The Hall–Kier alpha value is -3.89. The standard InChI is InChI=1S/C25H25N5O4S/c1-16-6-8-19(25(34-2)14-17(23(26)31)7-9-22(25)35(3,32)33)13-21(16)30-24-28-12-10-20(29-24)18-5-4-11-27-15-18/h4-13,15H,14H2,1-3H3,(H2,26,31)(H,28,29,30). The van der Waals surface area contributed by atoms with Crippen molar-refractivity contribution in [1.82, 2.24) is 15.0 Å². The molecule has 10 heteroatoms. The minimum Gasteiger partial charge on any atom is -0.368 e. The largest absolute Gasteiger partial charge is 0.368 e. The Bertz CT molecular complexity index is 1450. The number of hydrogen-bond donors (Lipinski definition) is 2. The van der Waals surface area contributed by atoms with Crippen LogP contribution in [0.4, 0.5) is 11.6 Å². The fraction of sp³-hybridized carbons (Fsp3) is 0.200. The SMILES string of the molecule is COC1(c2ccc(C)c(Nc3nccc(-c4cccnc4)n3)c2)CC(C(N)=O)=CC=C1S(C)(=O)=O. The molecular formula is C25H25N5O4S. The molecule has 0 bridgehead atoms. The van der Waals surface area contributed by atoms with Gasteiger partial charge >= 0.3 is 0 Å². The van der Waals surface area contributed by atoms with Gasteiger partial charge in [0.1, 0.15) is 5.60 Å². The van der Waals surface area contributed by atoms with E-state index in [0.29, 0.717) is 22.9 Å². The number of aryl methyl sites for hydroxylation is 1. The summed E-state index contributed by atoms with van der Waals surface area (Å²) in [4.78, 5) is 25.0. The summed E-state index contributed by atoms with van der Waals surface area (Å²) < 4.78 is 31.2. The molecule has 1 amide bonds. The number of hydrogen-bond acceptors (Lipinski definition) is 8. The van der Waals surface area contributed by atoms with Gasteiger partial charge in [0.05, 0.1) is 10.6 Å². The maximum Gasteiger partial charge on any atom is 0.244 e. The maximum absolute atomic E-state index is 12.7. The van der Waals surface area contributed by atoms with E-state index in [1.54, 1.807) is 36.8 Å². The maximum atomic E-state index is 12.7. The second kappa shape index (κ2) is 9.40. The number of benzene rings is 1. The van der Waals surface area contributed by atoms with Crippen LogP contribution in [0.2, 0.25) is 0 Å². The van der Waals surface area contributed by atoms with Crippen molar-refractivity contribution in [2.75, 3.05) is 18.7 Å². The molecule has 1 aliphatic rings. The lowest BCUT2D eigenvalue weighted by molar-refractivity contribution is -0.115. The van der Waals surface area contributed by atoms with Crippen LogP contribution in [-0.4, -0.2) is 42.6 Å². The van der Waals surface area contributed by atoms with Gasteiger partial charge in [-0.25, -0.2) is 18.4 Å². The fourth-order valence-electron chi connectivity index (χ4n) is 4.07. The predicted molar refractivity (Wildman–Crippen MR) is 133 cm³/mol. The minimum absolute atomic E-state index is 0.0206. The third-order valence-electron chi connectivity index (χ3n) is 5.90. The first kappa shape index (κ1) is 24.2. The highest BCUT2D eigenvalue weighted by Crippen LogP contribution is 2.45. The molecule has 3 aromatic rings. The zero-order chi connectivity index (χ0) is 25.2. The number of amides is 1. The number of carbonyl (C=O) groups is 1. The predicted octanol–water partition coefficient (Wildman–Crippen LogP) is 3.18. The molecule has 180 valence electrons. The number of nitrogens with zero attached hydrogens (tertiary/aromatic N) is 3. The number of nitrogens with two attached hydrogens (primary N) is 1. The first-order valence-electron chi connectivity index (χ1n) is 10.7. The number of nitrogens with one attached hydrogen (secondary N) is 1. The van der Waals surface area contributed by atoms with Crippen molar-refractivity contribution < 1.29 is 17.9 Å². The number of carbonyl (C=O) groups excluding carboxylic acids is 1. The number of aromatic nitrogens is 3. The molecule has 0 radical (unpaired) electrons. The number of allylic oxidation sites excluding steroid dienone is 2. The number of ether oxygens (including phenoxy) is 1. The molecule has 0 saturated carbocycles. The summed E-state index contributed by atoms with van der Waals surface area (Å²) in [5.74, 6) is -0.278. The van der Waals surface area contributed by atoms with Gasteiger partial charge in [-0.1, -0.05) is 18.2 Å². The molecule has 2 heterocycles. The van der Waals surface area contributed by atoms with Gasteiger partial charge in [-0.05, 0) is 48.4 Å². The number of primary amides is 1. The Morgan fingerprint density at radius 2 is 1.97 bits per heavy atom. The summed E-state index contributed by atoms with van der Waals surface area (Å²) >= 11 is 0. The van der Waals surface area contributed by atoms with E-state index in [-0.39, 0.29) is 16.9 Å². The van der Waals surface area contributed by atoms with Gasteiger partial charge in [0.2, 0.25) is 11.9 Å². The van der Waals surface area contributed by atoms with Crippen molar-refractivity contribution in [3.05, 3.63) is 88.7 Å². The number of pyridine rings is 1. The molecule has 1 atom stereocenters. The Morgan fingerprint density at radius 3 is 2.63 bits per heavy atom. The van der Waals surface area contributed by atoms with Crippen molar-refractivity contribution in [2.24, 2.45) is 5.73 Å². The highest BCUT2D eigenvalue weighted by Gasteiger charge is 2.44. The van der Waals surface area contributed by atoms with Crippen molar-refractivity contribution in [3.63, 3.8) is 0 Å². The van der Waals surface area contributed by atoms with Gasteiger partial charge < -0.3 is 15.8 Å². The van der Waals surface area contributed by atoms with Crippen molar-refractivity contribution in [3.8, 4) is 11.3 Å². The first-order chi connectivity index (χ1) is 16.6. The Balaban J connectivity index is 1.77. The van der Waals surface area contributed by atoms with Crippen LogP contribution >= 0.6 is 0 Å². The molecule has 0 saturated heterocycles. The Labute approximate surface area is 203 Å². The van der Waals surface area contributed by atoms with E-state index in [9.17, 15) is 13.2 Å². The molecule has 0 fully saturated rings. The quantitative estimate of drug-likeness (QED) is 0.514. The van der Waals surface area contributed by atoms with E-state index < -0.39 is 21.3 Å². The molecule has 0 spiro atoms. The molecule has 35 heavy (non-hydrogen) atoms. The zero-order valence-corrected chi connectivity index (χ0v) is 20.3. The third-order valence-corrected chi connectivity index (χ3v) is 7.17. The second-order valence-corrected chi connectivity index (χ2v) is 10.2. The minimum atomic E-state index is -3.67. The highest BCUT2D eigenvalue weighted by atomic mass is 32.2. The van der Waals surface area contributed by atoms with Crippen LogP contribution in [0.3, 0.4) is 0 Å². The van der Waals surface area contributed by atoms with Gasteiger partial charge in [-0.2, -0.15) is 0 Å². The topological polar surface area (TPSA) is 137 Å². The molecule has 1 aromatic carbocycles. The summed E-state index contributed by atoms with van der Waals surface area (Å²) in [7, 11) is -2.26. The average Bonchev–Trinajstić information content (AvgIpc) is 2.85. The molecule has 2 aromatic heterocycles. The summed E-state index contributed by atoms with van der Waals surface area (Å²) in [6.45, 7) is 1.90. The second-order valence-electron chi connectivity index (χ2n) is 8.23. The number of rotatable bonds is 7. The monoisotopic (exact) mass is 491 g/mol. The Kier molecular flexibility index (Phi) is 6.51.